The van der Waals surface area contributed by atoms with E-state index in [1.54, 1.807) is 0 Å². The maximum absolute atomic E-state index is 12.8. The molecule has 6 unspecified atom stereocenters. The highest BCUT2D eigenvalue weighted by Gasteiger charge is 2.44. The molecule has 4 N–H and O–H groups in total. The number of rotatable bonds is 34. The molecule has 1 aliphatic rings. The van der Waals surface area contributed by atoms with E-state index in [2.05, 4.69) is 111 Å². The number of carbonyl (C=O) groups excluding carboxylic acids is 1. The van der Waals surface area contributed by atoms with Crippen LogP contribution in [0, 0.1) is 0 Å². The van der Waals surface area contributed by atoms with E-state index in [0.29, 0.717) is 13.0 Å². The molecule has 0 radical (unpaired) electrons. The Labute approximate surface area is 339 Å². The van der Waals surface area contributed by atoms with Crippen LogP contribution in [-0.2, 0) is 23.7 Å². The fourth-order valence-electron chi connectivity index (χ4n) is 5.74. The number of aliphatic hydroxyl groups excluding tert-OH is 4. The number of ether oxygens (including phenoxy) is 4. The van der Waals surface area contributed by atoms with E-state index in [1.807, 2.05) is 0 Å². The summed E-state index contributed by atoms with van der Waals surface area (Å²) in [4.78, 5) is 12.8. The molecule has 0 aliphatic carbocycles. The molecule has 1 saturated heterocycles. The Morgan fingerprint density at radius 3 is 1.55 bits per heavy atom. The molecule has 318 valence electrons. The van der Waals surface area contributed by atoms with Gasteiger partial charge in [0.05, 0.1) is 26.4 Å². The zero-order chi connectivity index (χ0) is 40.7. The van der Waals surface area contributed by atoms with Gasteiger partial charge < -0.3 is 39.4 Å². The summed E-state index contributed by atoms with van der Waals surface area (Å²) in [6, 6.07) is 0. The molecule has 0 aromatic heterocycles. The normalized spacial score (nSPS) is 21.6. The number of allylic oxidation sites excluding steroid dienone is 15. The lowest BCUT2D eigenvalue weighted by molar-refractivity contribution is -0.305. The summed E-state index contributed by atoms with van der Waals surface area (Å²) in [5.74, 6) is -0.354. The van der Waals surface area contributed by atoms with Gasteiger partial charge >= 0.3 is 5.97 Å². The second-order valence-electron chi connectivity index (χ2n) is 14.0. The van der Waals surface area contributed by atoms with Crippen molar-refractivity contribution < 1.29 is 44.2 Å². The van der Waals surface area contributed by atoms with Gasteiger partial charge in [0, 0.05) is 6.42 Å². The fourth-order valence-corrected chi connectivity index (χ4v) is 5.74. The molecule has 1 aliphatic heterocycles. The monoisotopic (exact) mass is 785 g/mol. The first-order valence-corrected chi connectivity index (χ1v) is 21.3. The largest absolute Gasteiger partial charge is 0.457 e. The molecule has 1 fully saturated rings. The third kappa shape index (κ3) is 28.5. The van der Waals surface area contributed by atoms with Crippen molar-refractivity contribution in [2.45, 2.75) is 166 Å². The SMILES string of the molecule is CC/C=C\C/C=C\C/C=C\C/C=C\C/C=C\CCOCC(COC1OC(CO)C(O)C(O)C1O)OC(=O)CCCCCCCCC/C=C\C/C=C\C/C=C\CC. The topological polar surface area (TPSA) is 135 Å². The van der Waals surface area contributed by atoms with Crippen LogP contribution in [0.3, 0.4) is 0 Å². The molecule has 0 amide bonds. The first-order chi connectivity index (χ1) is 27.4. The minimum atomic E-state index is -1.56. The van der Waals surface area contributed by atoms with Gasteiger partial charge in [-0.05, 0) is 77.0 Å². The van der Waals surface area contributed by atoms with Gasteiger partial charge in [0.1, 0.15) is 30.5 Å². The lowest BCUT2D eigenvalue weighted by Gasteiger charge is -2.39. The highest BCUT2D eigenvalue weighted by atomic mass is 16.7. The van der Waals surface area contributed by atoms with Crippen molar-refractivity contribution in [1.82, 2.24) is 0 Å². The zero-order valence-electron chi connectivity index (χ0n) is 34.6. The van der Waals surface area contributed by atoms with Crippen molar-refractivity contribution >= 4 is 5.97 Å². The van der Waals surface area contributed by atoms with Crippen LogP contribution in [0.4, 0.5) is 0 Å². The van der Waals surface area contributed by atoms with Crippen molar-refractivity contribution in [3.63, 3.8) is 0 Å². The second kappa shape index (κ2) is 37.7. The summed E-state index contributed by atoms with van der Waals surface area (Å²) in [5, 5.41) is 40.1. The number of hydrogen-bond acceptors (Lipinski definition) is 9. The maximum Gasteiger partial charge on any atom is 0.306 e. The average molecular weight is 785 g/mol. The molecule has 0 bridgehead atoms. The smallest absolute Gasteiger partial charge is 0.306 e. The molecule has 56 heavy (non-hydrogen) atoms. The predicted octanol–water partition coefficient (Wildman–Crippen LogP) is 9.24. The summed E-state index contributed by atoms with van der Waals surface area (Å²) in [5.41, 5.74) is 0. The average Bonchev–Trinajstić information content (AvgIpc) is 3.20. The highest BCUT2D eigenvalue weighted by molar-refractivity contribution is 5.69. The van der Waals surface area contributed by atoms with Crippen LogP contribution < -0.4 is 0 Å². The number of aliphatic hydroxyl groups is 4. The fraction of sp³-hybridized carbons (Fsp3) is 0.638. The van der Waals surface area contributed by atoms with E-state index < -0.39 is 43.4 Å². The van der Waals surface area contributed by atoms with Gasteiger partial charge in [0.15, 0.2) is 6.29 Å². The Morgan fingerprint density at radius 2 is 1.04 bits per heavy atom. The van der Waals surface area contributed by atoms with Gasteiger partial charge in [0.25, 0.3) is 0 Å². The van der Waals surface area contributed by atoms with Crippen molar-refractivity contribution in [2.75, 3.05) is 26.4 Å². The van der Waals surface area contributed by atoms with E-state index >= 15 is 0 Å². The van der Waals surface area contributed by atoms with Crippen LogP contribution in [0.1, 0.15) is 129 Å². The first kappa shape index (κ1) is 51.1. The molecule has 0 aromatic rings. The van der Waals surface area contributed by atoms with Crippen molar-refractivity contribution in [2.24, 2.45) is 0 Å². The van der Waals surface area contributed by atoms with Crippen LogP contribution in [-0.4, -0.2) is 89.6 Å². The number of hydrogen-bond donors (Lipinski definition) is 4. The van der Waals surface area contributed by atoms with Gasteiger partial charge in [0.2, 0.25) is 0 Å². The second-order valence-corrected chi connectivity index (χ2v) is 14.0. The third-order valence-corrected chi connectivity index (χ3v) is 9.01. The first-order valence-electron chi connectivity index (χ1n) is 21.3. The molecule has 1 rings (SSSR count). The molecule has 6 atom stereocenters. The Balaban J connectivity index is 2.36. The van der Waals surface area contributed by atoms with Gasteiger partial charge in [-0.1, -0.05) is 143 Å². The van der Waals surface area contributed by atoms with Crippen molar-refractivity contribution in [3.05, 3.63) is 97.2 Å². The quantitative estimate of drug-likeness (QED) is 0.0286. The Bertz CT molecular complexity index is 1170. The molecule has 9 nitrogen and oxygen atoms in total. The van der Waals surface area contributed by atoms with Crippen molar-refractivity contribution in [1.29, 1.82) is 0 Å². The molecule has 9 heteroatoms. The van der Waals surface area contributed by atoms with Crippen LogP contribution in [0.5, 0.6) is 0 Å². The van der Waals surface area contributed by atoms with E-state index in [4.69, 9.17) is 18.9 Å². The minimum Gasteiger partial charge on any atom is -0.457 e. The number of esters is 1. The Hall–Kier alpha value is -2.89. The lowest BCUT2D eigenvalue weighted by Crippen LogP contribution is -2.59. The summed E-state index contributed by atoms with van der Waals surface area (Å²) < 4.78 is 22.6. The van der Waals surface area contributed by atoms with Crippen LogP contribution >= 0.6 is 0 Å². The molecule has 0 spiro atoms. The molecular weight excluding hydrogens is 709 g/mol. The molecule has 1 heterocycles. The summed E-state index contributed by atoms with van der Waals surface area (Å²) in [7, 11) is 0. The highest BCUT2D eigenvalue weighted by Crippen LogP contribution is 2.22. The Morgan fingerprint density at radius 1 is 0.571 bits per heavy atom. The zero-order valence-corrected chi connectivity index (χ0v) is 34.6. The molecule has 0 aromatic carbocycles. The maximum atomic E-state index is 12.8. The molecular formula is C47H76O9. The number of carbonyl (C=O) groups is 1. The van der Waals surface area contributed by atoms with Crippen LogP contribution in [0.25, 0.3) is 0 Å². The molecule has 0 saturated carbocycles. The van der Waals surface area contributed by atoms with E-state index in [0.717, 1.165) is 83.5 Å². The van der Waals surface area contributed by atoms with Gasteiger partial charge in [-0.2, -0.15) is 0 Å². The van der Waals surface area contributed by atoms with Gasteiger partial charge in [-0.3, -0.25) is 4.79 Å². The number of unbranched alkanes of at least 4 members (excludes halogenated alkanes) is 7. The minimum absolute atomic E-state index is 0.0798. The third-order valence-electron chi connectivity index (χ3n) is 9.01. The van der Waals surface area contributed by atoms with Crippen molar-refractivity contribution in [3.8, 4) is 0 Å². The standard InChI is InChI=1S/C47H76O9/c1-3-5-7-9-11-13-15-17-19-21-22-24-26-28-30-32-34-36-43(49)55-41(40-54-47-46(52)45(51)44(50)42(38-48)56-47)39-53-37-35-33-31-29-27-25-23-20-18-16-14-12-10-8-6-4-2/h5-8,11-14,17-20,25,27,31,33,41-42,44-48,50-52H,3-4,9-10,15-16,21-24,26,28-30,32,34-40H2,1-2H3/b7-5-,8-6-,13-11-,14-12-,19-17-,20-18-,27-25-,33-31-. The lowest BCUT2D eigenvalue weighted by atomic mass is 9.99. The van der Waals surface area contributed by atoms with Gasteiger partial charge in [-0.25, -0.2) is 0 Å². The van der Waals surface area contributed by atoms with Crippen LogP contribution in [0.2, 0.25) is 0 Å². The van der Waals surface area contributed by atoms with E-state index in [-0.39, 0.29) is 25.6 Å². The Kier molecular flexibility index (Phi) is 34.4. The predicted molar refractivity (Wildman–Crippen MR) is 228 cm³/mol. The van der Waals surface area contributed by atoms with E-state index in [1.165, 1.54) is 19.3 Å². The summed E-state index contributed by atoms with van der Waals surface area (Å²) in [6.07, 6.45) is 44.5. The summed E-state index contributed by atoms with van der Waals surface area (Å²) >= 11 is 0. The summed E-state index contributed by atoms with van der Waals surface area (Å²) in [6.45, 7) is 4.07. The van der Waals surface area contributed by atoms with E-state index in [9.17, 15) is 25.2 Å². The van der Waals surface area contributed by atoms with Gasteiger partial charge in [-0.15, -0.1) is 0 Å². The van der Waals surface area contributed by atoms with Crippen LogP contribution in [0.15, 0.2) is 97.2 Å².